The first-order valence-corrected chi connectivity index (χ1v) is 8.32. The number of aliphatic hydroxyl groups is 1. The van der Waals surface area contributed by atoms with E-state index < -0.39 is 11.9 Å². The number of anilines is 1. The third kappa shape index (κ3) is 4.24. The zero-order valence-corrected chi connectivity index (χ0v) is 14.5. The zero-order valence-electron chi connectivity index (χ0n) is 14.5. The maximum atomic E-state index is 13.5. The summed E-state index contributed by atoms with van der Waals surface area (Å²) < 4.78 is 18.9. The molecule has 0 radical (unpaired) electrons. The lowest BCUT2D eigenvalue weighted by molar-refractivity contribution is 0.0622. The normalized spacial score (nSPS) is 15.5. The van der Waals surface area contributed by atoms with Gasteiger partial charge in [0.2, 0.25) is 0 Å². The Morgan fingerprint density at radius 2 is 2.12 bits per heavy atom. The number of aromatic nitrogens is 2. The molecule has 0 amide bonds. The molecule has 1 atom stereocenters. The van der Waals surface area contributed by atoms with Crippen LogP contribution in [0, 0.1) is 5.82 Å². The Morgan fingerprint density at radius 1 is 1.32 bits per heavy atom. The first-order chi connectivity index (χ1) is 12.0. The van der Waals surface area contributed by atoms with E-state index >= 15 is 0 Å². The SMILES string of the molecule is CN(C)c1ncnc2c1CN(C[C@H](O)COc1ccccc1F)CC2. The highest BCUT2D eigenvalue weighted by Gasteiger charge is 2.23. The first-order valence-electron chi connectivity index (χ1n) is 8.32. The average Bonchev–Trinajstić information content (AvgIpc) is 2.60. The van der Waals surface area contributed by atoms with Crippen LogP contribution >= 0.6 is 0 Å². The van der Waals surface area contributed by atoms with E-state index in [9.17, 15) is 9.50 Å². The lowest BCUT2D eigenvalue weighted by Gasteiger charge is -2.31. The number of halogens is 1. The predicted molar refractivity (Wildman–Crippen MR) is 93.2 cm³/mol. The van der Waals surface area contributed by atoms with Crippen LogP contribution in [0.5, 0.6) is 5.75 Å². The van der Waals surface area contributed by atoms with E-state index in [2.05, 4.69) is 14.9 Å². The monoisotopic (exact) mass is 346 g/mol. The Kier molecular flexibility index (Phi) is 5.45. The van der Waals surface area contributed by atoms with E-state index in [1.807, 2.05) is 19.0 Å². The molecule has 0 spiro atoms. The summed E-state index contributed by atoms with van der Waals surface area (Å²) in [5.41, 5.74) is 2.16. The number of nitrogens with zero attached hydrogens (tertiary/aromatic N) is 4. The number of ether oxygens (including phenoxy) is 1. The van der Waals surface area contributed by atoms with Gasteiger partial charge in [0.15, 0.2) is 11.6 Å². The van der Waals surface area contributed by atoms with E-state index in [1.54, 1.807) is 24.5 Å². The second-order valence-electron chi connectivity index (χ2n) is 6.40. The van der Waals surface area contributed by atoms with Crippen molar-refractivity contribution < 1.29 is 14.2 Å². The number of rotatable bonds is 6. The van der Waals surface area contributed by atoms with Gasteiger partial charge in [-0.3, -0.25) is 4.90 Å². The number of benzene rings is 1. The van der Waals surface area contributed by atoms with Gasteiger partial charge in [0.05, 0.1) is 5.69 Å². The summed E-state index contributed by atoms with van der Waals surface area (Å²) >= 11 is 0. The second kappa shape index (κ2) is 7.76. The second-order valence-corrected chi connectivity index (χ2v) is 6.40. The molecule has 0 unspecified atom stereocenters. The Bertz CT molecular complexity index is 726. The lowest BCUT2D eigenvalue weighted by atomic mass is 10.1. The van der Waals surface area contributed by atoms with Crippen molar-refractivity contribution in [1.82, 2.24) is 14.9 Å². The van der Waals surface area contributed by atoms with Crippen LogP contribution in [0.2, 0.25) is 0 Å². The minimum absolute atomic E-state index is 0.0517. The predicted octanol–water partition coefficient (Wildman–Crippen LogP) is 1.48. The average molecular weight is 346 g/mol. The summed E-state index contributed by atoms with van der Waals surface area (Å²) in [6.07, 6.45) is 1.72. The topological polar surface area (TPSA) is 61.7 Å². The summed E-state index contributed by atoms with van der Waals surface area (Å²) in [6.45, 7) is 2.00. The Hall–Kier alpha value is -2.25. The molecule has 2 aromatic rings. The van der Waals surface area contributed by atoms with Gasteiger partial charge in [-0.05, 0) is 12.1 Å². The van der Waals surface area contributed by atoms with Gasteiger partial charge in [-0.15, -0.1) is 0 Å². The summed E-state index contributed by atoms with van der Waals surface area (Å²) in [6, 6.07) is 6.20. The summed E-state index contributed by atoms with van der Waals surface area (Å²) in [4.78, 5) is 12.8. The molecule has 1 aromatic carbocycles. The largest absolute Gasteiger partial charge is 0.488 e. The van der Waals surface area contributed by atoms with Gasteiger partial charge in [-0.25, -0.2) is 14.4 Å². The van der Waals surface area contributed by atoms with Gasteiger partial charge < -0.3 is 14.7 Å². The molecule has 0 saturated carbocycles. The van der Waals surface area contributed by atoms with Crippen LogP contribution < -0.4 is 9.64 Å². The summed E-state index contributed by atoms with van der Waals surface area (Å²) in [5.74, 6) is 0.648. The number of aliphatic hydroxyl groups excluding tert-OH is 1. The summed E-state index contributed by atoms with van der Waals surface area (Å²) in [5, 5.41) is 10.2. The van der Waals surface area contributed by atoms with E-state index in [0.717, 1.165) is 30.0 Å². The van der Waals surface area contributed by atoms with Crippen LogP contribution in [0.15, 0.2) is 30.6 Å². The fraction of sp³-hybridized carbons (Fsp3) is 0.444. The maximum absolute atomic E-state index is 13.5. The lowest BCUT2D eigenvalue weighted by Crippen LogP contribution is -2.39. The Labute approximate surface area is 146 Å². The molecular weight excluding hydrogens is 323 g/mol. The van der Waals surface area contributed by atoms with Crippen LogP contribution in [0.25, 0.3) is 0 Å². The number of para-hydroxylation sites is 1. The molecule has 25 heavy (non-hydrogen) atoms. The van der Waals surface area contributed by atoms with Crippen LogP contribution in [0.3, 0.4) is 0 Å². The molecule has 6 nitrogen and oxygen atoms in total. The van der Waals surface area contributed by atoms with Gasteiger partial charge in [0, 0.05) is 45.7 Å². The molecule has 3 rings (SSSR count). The molecule has 0 aliphatic carbocycles. The molecule has 0 bridgehead atoms. The molecule has 0 saturated heterocycles. The number of hydrogen-bond donors (Lipinski definition) is 1. The van der Waals surface area contributed by atoms with Crippen LogP contribution in [0.1, 0.15) is 11.3 Å². The standard InChI is InChI=1S/C18H23FN4O2/c1-22(2)18-14-10-23(8-7-16(14)20-12-21-18)9-13(24)11-25-17-6-4-3-5-15(17)19/h3-6,12-13,24H,7-11H2,1-2H3/t13-/m0/s1. The highest BCUT2D eigenvalue weighted by atomic mass is 19.1. The molecule has 134 valence electrons. The van der Waals surface area contributed by atoms with Crippen molar-refractivity contribution in [2.24, 2.45) is 0 Å². The van der Waals surface area contributed by atoms with E-state index in [-0.39, 0.29) is 12.4 Å². The summed E-state index contributed by atoms with van der Waals surface area (Å²) in [7, 11) is 3.91. The van der Waals surface area contributed by atoms with Crippen molar-refractivity contribution in [2.75, 3.05) is 38.7 Å². The van der Waals surface area contributed by atoms with E-state index in [4.69, 9.17) is 4.74 Å². The van der Waals surface area contributed by atoms with Gasteiger partial charge >= 0.3 is 0 Å². The fourth-order valence-electron chi connectivity index (χ4n) is 3.02. The molecular formula is C18H23FN4O2. The highest BCUT2D eigenvalue weighted by Crippen LogP contribution is 2.24. The molecule has 1 N–H and O–H groups in total. The number of hydrogen-bond acceptors (Lipinski definition) is 6. The van der Waals surface area contributed by atoms with Crippen molar-refractivity contribution in [3.63, 3.8) is 0 Å². The third-order valence-electron chi connectivity index (χ3n) is 4.22. The third-order valence-corrected chi connectivity index (χ3v) is 4.22. The maximum Gasteiger partial charge on any atom is 0.165 e. The van der Waals surface area contributed by atoms with Gasteiger partial charge in [0.25, 0.3) is 0 Å². The van der Waals surface area contributed by atoms with Crippen molar-refractivity contribution in [2.45, 2.75) is 19.1 Å². The molecule has 2 heterocycles. The number of β-amino-alcohol motifs (C(OH)–C–C–N with tert-alkyl or cyclic N) is 1. The minimum atomic E-state index is -0.700. The van der Waals surface area contributed by atoms with Crippen molar-refractivity contribution in [3.05, 3.63) is 47.7 Å². The van der Waals surface area contributed by atoms with E-state index in [1.165, 1.54) is 6.07 Å². The van der Waals surface area contributed by atoms with Gasteiger partial charge in [-0.1, -0.05) is 12.1 Å². The molecule has 1 aromatic heterocycles. The zero-order chi connectivity index (χ0) is 17.8. The van der Waals surface area contributed by atoms with Crippen LogP contribution in [-0.4, -0.2) is 59.9 Å². The quantitative estimate of drug-likeness (QED) is 0.855. The van der Waals surface area contributed by atoms with E-state index in [0.29, 0.717) is 13.1 Å². The smallest absolute Gasteiger partial charge is 0.165 e. The van der Waals surface area contributed by atoms with Crippen LogP contribution in [-0.2, 0) is 13.0 Å². The molecule has 0 fully saturated rings. The highest BCUT2D eigenvalue weighted by molar-refractivity contribution is 5.48. The van der Waals surface area contributed by atoms with Gasteiger partial charge in [0.1, 0.15) is 24.9 Å². The minimum Gasteiger partial charge on any atom is -0.488 e. The van der Waals surface area contributed by atoms with Gasteiger partial charge in [-0.2, -0.15) is 0 Å². The van der Waals surface area contributed by atoms with Crippen molar-refractivity contribution in [1.29, 1.82) is 0 Å². The number of fused-ring (bicyclic) bond motifs is 1. The molecule has 7 heteroatoms. The Morgan fingerprint density at radius 3 is 2.88 bits per heavy atom. The molecule has 1 aliphatic rings. The fourth-order valence-corrected chi connectivity index (χ4v) is 3.02. The van der Waals surface area contributed by atoms with Crippen molar-refractivity contribution >= 4 is 5.82 Å². The van der Waals surface area contributed by atoms with Crippen molar-refractivity contribution in [3.8, 4) is 5.75 Å². The van der Waals surface area contributed by atoms with Crippen LogP contribution in [0.4, 0.5) is 10.2 Å². The Balaban J connectivity index is 1.58. The first kappa shape index (κ1) is 17.6. The molecule has 1 aliphatic heterocycles.